The number of unbranched alkanes of at least 4 members (excludes halogenated alkanes) is 6. The molecule has 0 aliphatic rings. The number of benzene rings is 1. The molecule has 0 bridgehead atoms. The lowest BCUT2D eigenvalue weighted by Crippen LogP contribution is -2.30. The van der Waals surface area contributed by atoms with Crippen LogP contribution in [0.4, 0.5) is 0 Å². The third-order valence-electron chi connectivity index (χ3n) is 3.99. The summed E-state index contributed by atoms with van der Waals surface area (Å²) in [5.41, 5.74) is 1.80. The minimum atomic E-state index is -0.0815. The molecule has 1 aromatic carbocycles. The summed E-state index contributed by atoms with van der Waals surface area (Å²) in [5, 5.41) is 1.41. The second-order valence-electron chi connectivity index (χ2n) is 6.00. The third kappa shape index (κ3) is 7.78. The van der Waals surface area contributed by atoms with Crippen molar-refractivity contribution in [2.75, 3.05) is 13.2 Å². The lowest BCUT2D eigenvalue weighted by atomic mass is 10.1. The molecule has 0 aromatic heterocycles. The first-order chi connectivity index (χ1) is 11.7. The highest BCUT2D eigenvalue weighted by Crippen LogP contribution is 2.11. The number of carbonyl (C=O) groups is 1. The van der Waals surface area contributed by atoms with Crippen molar-refractivity contribution < 1.29 is 9.63 Å². The van der Waals surface area contributed by atoms with E-state index in [1.165, 1.54) is 43.6 Å². The molecular formula is C21H33NO2. The van der Waals surface area contributed by atoms with Crippen molar-refractivity contribution >= 4 is 12.0 Å². The molecule has 0 saturated carbocycles. The summed E-state index contributed by atoms with van der Waals surface area (Å²) < 4.78 is 0. The molecule has 0 N–H and O–H groups in total. The second-order valence-corrected chi connectivity index (χ2v) is 6.00. The van der Waals surface area contributed by atoms with Crippen LogP contribution >= 0.6 is 0 Å². The normalized spacial score (nSPS) is 11.1. The smallest absolute Gasteiger partial charge is 0.271 e. The van der Waals surface area contributed by atoms with E-state index >= 15 is 0 Å². The van der Waals surface area contributed by atoms with Gasteiger partial charge in [-0.2, -0.15) is 0 Å². The molecule has 0 aliphatic carbocycles. The maximum atomic E-state index is 12.3. The summed E-state index contributed by atoms with van der Waals surface area (Å²) >= 11 is 0. The van der Waals surface area contributed by atoms with E-state index < -0.39 is 0 Å². The van der Waals surface area contributed by atoms with E-state index in [-0.39, 0.29) is 5.91 Å². The fourth-order valence-electron chi connectivity index (χ4n) is 2.59. The van der Waals surface area contributed by atoms with Gasteiger partial charge in [0.05, 0.1) is 6.61 Å². The van der Waals surface area contributed by atoms with Gasteiger partial charge < -0.3 is 0 Å². The van der Waals surface area contributed by atoms with Crippen LogP contribution in [0.15, 0.2) is 30.3 Å². The van der Waals surface area contributed by atoms with E-state index in [2.05, 4.69) is 19.1 Å². The average molecular weight is 332 g/mol. The number of amides is 1. The minimum absolute atomic E-state index is 0.0815. The van der Waals surface area contributed by atoms with Crippen LogP contribution in [0.2, 0.25) is 0 Å². The molecule has 0 radical (unpaired) electrons. The maximum Gasteiger partial charge on any atom is 0.277 e. The molecule has 0 aliphatic heterocycles. The topological polar surface area (TPSA) is 29.5 Å². The third-order valence-corrected chi connectivity index (χ3v) is 3.99. The molecule has 0 atom stereocenters. The number of hydrogen-bond donors (Lipinski definition) is 0. The number of carbonyl (C=O) groups excluding carboxylic acids is 1. The van der Waals surface area contributed by atoms with Crippen molar-refractivity contribution in [2.24, 2.45) is 0 Å². The van der Waals surface area contributed by atoms with Crippen LogP contribution in [0.25, 0.3) is 6.08 Å². The van der Waals surface area contributed by atoms with E-state index in [0.717, 1.165) is 12.0 Å². The predicted octanol–water partition coefficient (Wildman–Crippen LogP) is 5.86. The quantitative estimate of drug-likeness (QED) is 0.354. The summed E-state index contributed by atoms with van der Waals surface area (Å²) in [6.45, 7) is 7.09. The molecule has 0 saturated heterocycles. The monoisotopic (exact) mass is 331 g/mol. The SMILES string of the molecule is CCCCCCCCC=Cc1ccc(C(=O)N(CC)OCC)cc1. The number of allylic oxidation sites excluding steroid dienone is 1. The number of rotatable bonds is 12. The minimum Gasteiger partial charge on any atom is -0.271 e. The Labute approximate surface area is 147 Å². The highest BCUT2D eigenvalue weighted by atomic mass is 16.7. The van der Waals surface area contributed by atoms with Gasteiger partial charge in [-0.05, 0) is 44.4 Å². The highest BCUT2D eigenvalue weighted by Gasteiger charge is 2.13. The number of hydrogen-bond acceptors (Lipinski definition) is 2. The van der Waals surface area contributed by atoms with Crippen molar-refractivity contribution in [1.82, 2.24) is 5.06 Å². The fourth-order valence-corrected chi connectivity index (χ4v) is 2.59. The van der Waals surface area contributed by atoms with Gasteiger partial charge in [-0.1, -0.05) is 63.3 Å². The Bertz CT molecular complexity index is 479. The van der Waals surface area contributed by atoms with Gasteiger partial charge in [0.2, 0.25) is 0 Å². The van der Waals surface area contributed by atoms with Gasteiger partial charge in [0.15, 0.2) is 0 Å². The van der Waals surface area contributed by atoms with Crippen LogP contribution < -0.4 is 0 Å². The van der Waals surface area contributed by atoms with Gasteiger partial charge in [-0.15, -0.1) is 0 Å². The Morgan fingerprint density at radius 2 is 1.67 bits per heavy atom. The Morgan fingerprint density at radius 1 is 1.00 bits per heavy atom. The van der Waals surface area contributed by atoms with E-state index in [1.807, 2.05) is 38.1 Å². The molecule has 1 rings (SSSR count). The first-order valence-electron chi connectivity index (χ1n) is 9.44. The summed E-state index contributed by atoms with van der Waals surface area (Å²) in [6, 6.07) is 7.72. The number of hydroxylamine groups is 2. The molecule has 0 unspecified atom stereocenters. The molecule has 0 fully saturated rings. The summed E-state index contributed by atoms with van der Waals surface area (Å²) in [5.74, 6) is -0.0815. The zero-order valence-corrected chi connectivity index (χ0v) is 15.6. The standard InChI is InChI=1S/C21H33NO2/c1-4-7-8-9-10-11-12-13-14-19-15-17-20(18-16-19)21(23)22(5-2)24-6-3/h13-18H,4-12H2,1-3H3. The van der Waals surface area contributed by atoms with E-state index in [4.69, 9.17) is 4.84 Å². The van der Waals surface area contributed by atoms with Gasteiger partial charge >= 0.3 is 0 Å². The molecular weight excluding hydrogens is 298 g/mol. The predicted molar refractivity (Wildman–Crippen MR) is 102 cm³/mol. The zero-order valence-electron chi connectivity index (χ0n) is 15.6. The summed E-state index contributed by atoms with van der Waals surface area (Å²) in [7, 11) is 0. The van der Waals surface area contributed by atoms with E-state index in [0.29, 0.717) is 18.7 Å². The van der Waals surface area contributed by atoms with Crippen molar-refractivity contribution in [3.05, 3.63) is 41.5 Å². The molecule has 3 nitrogen and oxygen atoms in total. The van der Waals surface area contributed by atoms with Crippen LogP contribution in [-0.2, 0) is 4.84 Å². The van der Waals surface area contributed by atoms with Crippen LogP contribution in [0, 0.1) is 0 Å². The Morgan fingerprint density at radius 3 is 2.29 bits per heavy atom. The molecule has 1 aromatic rings. The Hall–Kier alpha value is -1.61. The van der Waals surface area contributed by atoms with Crippen molar-refractivity contribution in [1.29, 1.82) is 0 Å². The van der Waals surface area contributed by atoms with Crippen LogP contribution in [0.1, 0.15) is 81.6 Å². The first kappa shape index (κ1) is 20.4. The Kier molecular flexibility index (Phi) is 10.9. The second kappa shape index (κ2) is 12.8. The average Bonchev–Trinajstić information content (AvgIpc) is 2.62. The van der Waals surface area contributed by atoms with Gasteiger partial charge in [-0.3, -0.25) is 9.63 Å². The lowest BCUT2D eigenvalue weighted by molar-refractivity contribution is -0.115. The molecule has 1 amide bonds. The lowest BCUT2D eigenvalue weighted by Gasteiger charge is -2.19. The highest BCUT2D eigenvalue weighted by molar-refractivity contribution is 5.93. The first-order valence-corrected chi connectivity index (χ1v) is 9.44. The van der Waals surface area contributed by atoms with Crippen LogP contribution in [-0.4, -0.2) is 24.1 Å². The molecule has 134 valence electrons. The van der Waals surface area contributed by atoms with Crippen molar-refractivity contribution in [3.63, 3.8) is 0 Å². The van der Waals surface area contributed by atoms with Gasteiger partial charge in [0.1, 0.15) is 0 Å². The van der Waals surface area contributed by atoms with Crippen molar-refractivity contribution in [3.8, 4) is 0 Å². The van der Waals surface area contributed by atoms with E-state index in [9.17, 15) is 4.79 Å². The maximum absolute atomic E-state index is 12.3. The van der Waals surface area contributed by atoms with Crippen LogP contribution in [0.5, 0.6) is 0 Å². The van der Waals surface area contributed by atoms with Gasteiger partial charge in [-0.25, -0.2) is 5.06 Å². The molecule has 0 spiro atoms. The van der Waals surface area contributed by atoms with Gasteiger partial charge in [0.25, 0.3) is 5.91 Å². The molecule has 24 heavy (non-hydrogen) atoms. The fraction of sp³-hybridized carbons (Fsp3) is 0.571. The molecule has 0 heterocycles. The number of nitrogens with zero attached hydrogens (tertiary/aromatic N) is 1. The van der Waals surface area contributed by atoms with Crippen LogP contribution in [0.3, 0.4) is 0 Å². The Balaban J connectivity index is 2.38. The van der Waals surface area contributed by atoms with Crippen molar-refractivity contribution in [2.45, 2.75) is 65.7 Å². The largest absolute Gasteiger partial charge is 0.277 e. The summed E-state index contributed by atoms with van der Waals surface area (Å²) in [6.07, 6.45) is 13.5. The van der Waals surface area contributed by atoms with E-state index in [1.54, 1.807) is 0 Å². The van der Waals surface area contributed by atoms with Gasteiger partial charge in [0, 0.05) is 12.1 Å². The molecule has 3 heteroatoms. The summed E-state index contributed by atoms with van der Waals surface area (Å²) in [4.78, 5) is 17.6. The zero-order chi connectivity index (χ0) is 17.6.